The molecule has 2 heteroatoms. The molecule has 0 bridgehead atoms. The van der Waals surface area contributed by atoms with E-state index in [1.165, 1.54) is 0 Å². The van der Waals surface area contributed by atoms with Gasteiger partial charge in [-0.05, 0) is 30.2 Å². The van der Waals surface area contributed by atoms with Gasteiger partial charge in [0.1, 0.15) is 0 Å². The second-order valence-corrected chi connectivity index (χ2v) is 2.68. The summed E-state index contributed by atoms with van der Waals surface area (Å²) in [5.74, 6) is 0. The van der Waals surface area contributed by atoms with Crippen LogP contribution >= 0.6 is 0 Å². The molecular formula is C13H18O2. The number of allylic oxidation sites excluding steroid dienone is 7. The first kappa shape index (κ1) is 13.3. The Morgan fingerprint density at radius 1 is 1.00 bits per heavy atom. The number of hydrogen-bond acceptors (Lipinski definition) is 2. The summed E-state index contributed by atoms with van der Waals surface area (Å²) < 4.78 is 9.76. The van der Waals surface area contributed by atoms with Gasteiger partial charge < -0.3 is 9.47 Å². The Kier molecular flexibility index (Phi) is 7.87. The predicted octanol–water partition coefficient (Wildman–Crippen LogP) is 3.37. The lowest BCUT2D eigenvalue weighted by Crippen LogP contribution is -1.83. The maximum atomic E-state index is 4.88. The lowest BCUT2D eigenvalue weighted by Gasteiger charge is -2.02. The second kappa shape index (κ2) is 8.88. The molecule has 0 atom stereocenters. The van der Waals surface area contributed by atoms with Crippen LogP contribution in [0.1, 0.15) is 6.92 Å². The van der Waals surface area contributed by atoms with Gasteiger partial charge >= 0.3 is 0 Å². The topological polar surface area (TPSA) is 18.5 Å². The van der Waals surface area contributed by atoms with Crippen LogP contribution in [0, 0.1) is 0 Å². The van der Waals surface area contributed by atoms with E-state index in [1.807, 2.05) is 31.2 Å². The third-order valence-corrected chi connectivity index (χ3v) is 1.71. The van der Waals surface area contributed by atoms with E-state index in [9.17, 15) is 0 Å². The quantitative estimate of drug-likeness (QED) is 0.490. The summed E-state index contributed by atoms with van der Waals surface area (Å²) in [5.41, 5.74) is 2.06. The molecule has 0 saturated carbocycles. The van der Waals surface area contributed by atoms with Crippen molar-refractivity contribution in [1.29, 1.82) is 0 Å². The SMILES string of the molecule is C=C/C=C(\C=C/OC)C(/C=C\OC)=C/C. The Morgan fingerprint density at radius 3 is 1.93 bits per heavy atom. The smallest absolute Gasteiger partial charge is 0.0830 e. The van der Waals surface area contributed by atoms with Gasteiger partial charge in [0.05, 0.1) is 26.7 Å². The Morgan fingerprint density at radius 2 is 1.53 bits per heavy atom. The van der Waals surface area contributed by atoms with E-state index in [1.54, 1.807) is 32.8 Å². The molecule has 0 aromatic heterocycles. The van der Waals surface area contributed by atoms with Gasteiger partial charge in [0.25, 0.3) is 0 Å². The standard InChI is InChI=1S/C13H18O2/c1-5-7-13(9-11-15-4)12(6-2)8-10-14-3/h5-11H,1H2,2-4H3/b10-8-,11-9-,12-6+,13-7+. The van der Waals surface area contributed by atoms with E-state index in [-0.39, 0.29) is 0 Å². The maximum Gasteiger partial charge on any atom is 0.0830 e. The van der Waals surface area contributed by atoms with Gasteiger partial charge in [-0.25, -0.2) is 0 Å². The molecule has 0 spiro atoms. The first-order valence-electron chi connectivity index (χ1n) is 4.68. The first-order valence-corrected chi connectivity index (χ1v) is 4.68. The van der Waals surface area contributed by atoms with Crippen molar-refractivity contribution >= 4 is 0 Å². The van der Waals surface area contributed by atoms with Crippen molar-refractivity contribution in [3.8, 4) is 0 Å². The zero-order chi connectivity index (χ0) is 11.5. The molecule has 0 aliphatic carbocycles. The highest BCUT2D eigenvalue weighted by atomic mass is 16.5. The van der Waals surface area contributed by atoms with E-state index in [2.05, 4.69) is 6.58 Å². The van der Waals surface area contributed by atoms with Crippen LogP contribution in [0.3, 0.4) is 0 Å². The highest BCUT2D eigenvalue weighted by molar-refractivity contribution is 5.46. The maximum absolute atomic E-state index is 4.88. The summed E-state index contributed by atoms with van der Waals surface area (Å²) in [6.07, 6.45) is 12.6. The van der Waals surface area contributed by atoms with Gasteiger partial charge in [-0.1, -0.05) is 24.8 Å². The first-order chi connectivity index (χ1) is 7.29. The Bertz CT molecular complexity index is 294. The molecule has 0 aromatic carbocycles. The minimum atomic E-state index is 1.02. The fourth-order valence-electron chi connectivity index (χ4n) is 1.02. The van der Waals surface area contributed by atoms with Gasteiger partial charge in [0, 0.05) is 0 Å². The lowest BCUT2D eigenvalue weighted by molar-refractivity contribution is 0.337. The van der Waals surface area contributed by atoms with Crippen LogP contribution in [0.25, 0.3) is 0 Å². The Labute approximate surface area is 91.9 Å². The molecule has 0 aliphatic rings. The molecule has 0 radical (unpaired) electrons. The van der Waals surface area contributed by atoms with Crippen LogP contribution in [-0.2, 0) is 9.47 Å². The summed E-state index contributed by atoms with van der Waals surface area (Å²) in [6, 6.07) is 0. The van der Waals surface area contributed by atoms with E-state index >= 15 is 0 Å². The molecule has 0 amide bonds. The summed E-state index contributed by atoms with van der Waals surface area (Å²) >= 11 is 0. The normalized spacial score (nSPS) is 13.5. The number of rotatable bonds is 6. The van der Waals surface area contributed by atoms with Crippen LogP contribution in [0.15, 0.2) is 60.6 Å². The van der Waals surface area contributed by atoms with Crippen molar-refractivity contribution in [2.75, 3.05) is 14.2 Å². The molecule has 0 unspecified atom stereocenters. The van der Waals surface area contributed by atoms with Crippen LogP contribution < -0.4 is 0 Å². The molecule has 15 heavy (non-hydrogen) atoms. The lowest BCUT2D eigenvalue weighted by atomic mass is 10.1. The van der Waals surface area contributed by atoms with Crippen molar-refractivity contribution in [1.82, 2.24) is 0 Å². The zero-order valence-electron chi connectivity index (χ0n) is 9.57. The summed E-state index contributed by atoms with van der Waals surface area (Å²) in [5, 5.41) is 0. The molecule has 0 fully saturated rings. The molecule has 0 N–H and O–H groups in total. The van der Waals surface area contributed by atoms with Gasteiger partial charge in [-0.3, -0.25) is 0 Å². The number of methoxy groups -OCH3 is 2. The van der Waals surface area contributed by atoms with Crippen molar-refractivity contribution in [3.05, 3.63) is 60.6 Å². The third kappa shape index (κ3) is 5.57. The summed E-state index contributed by atoms with van der Waals surface area (Å²) in [4.78, 5) is 0. The molecule has 82 valence electrons. The number of hydrogen-bond donors (Lipinski definition) is 0. The number of ether oxygens (including phenoxy) is 2. The van der Waals surface area contributed by atoms with Gasteiger partial charge in [-0.15, -0.1) is 0 Å². The predicted molar refractivity (Wildman–Crippen MR) is 64.3 cm³/mol. The molecular weight excluding hydrogens is 188 g/mol. The Hall–Kier alpha value is -1.70. The van der Waals surface area contributed by atoms with Crippen LogP contribution in [0.2, 0.25) is 0 Å². The second-order valence-electron chi connectivity index (χ2n) is 2.68. The van der Waals surface area contributed by atoms with Gasteiger partial charge in [-0.2, -0.15) is 0 Å². The molecule has 0 aromatic rings. The highest BCUT2D eigenvalue weighted by Gasteiger charge is 1.95. The summed E-state index contributed by atoms with van der Waals surface area (Å²) in [7, 11) is 3.23. The van der Waals surface area contributed by atoms with Crippen molar-refractivity contribution < 1.29 is 9.47 Å². The van der Waals surface area contributed by atoms with Gasteiger partial charge in [0.2, 0.25) is 0 Å². The summed E-state index contributed by atoms with van der Waals surface area (Å²) in [6.45, 7) is 5.64. The van der Waals surface area contributed by atoms with Crippen molar-refractivity contribution in [2.24, 2.45) is 0 Å². The Balaban J connectivity index is 4.88. The van der Waals surface area contributed by atoms with Crippen LogP contribution in [-0.4, -0.2) is 14.2 Å². The van der Waals surface area contributed by atoms with Crippen LogP contribution in [0.4, 0.5) is 0 Å². The average molecular weight is 206 g/mol. The minimum absolute atomic E-state index is 1.02. The van der Waals surface area contributed by atoms with Crippen molar-refractivity contribution in [2.45, 2.75) is 6.92 Å². The molecule has 0 heterocycles. The minimum Gasteiger partial charge on any atom is -0.504 e. The van der Waals surface area contributed by atoms with Crippen molar-refractivity contribution in [3.63, 3.8) is 0 Å². The molecule has 0 rings (SSSR count). The molecule has 2 nitrogen and oxygen atoms in total. The monoisotopic (exact) mass is 206 g/mol. The zero-order valence-corrected chi connectivity index (χ0v) is 9.57. The van der Waals surface area contributed by atoms with Crippen LogP contribution in [0.5, 0.6) is 0 Å². The fraction of sp³-hybridized carbons (Fsp3) is 0.231. The van der Waals surface area contributed by atoms with Gasteiger partial charge in [0.15, 0.2) is 0 Å². The van der Waals surface area contributed by atoms with E-state index in [0.29, 0.717) is 0 Å². The largest absolute Gasteiger partial charge is 0.504 e. The highest BCUT2D eigenvalue weighted by Crippen LogP contribution is 2.13. The fourth-order valence-corrected chi connectivity index (χ4v) is 1.02. The van der Waals surface area contributed by atoms with E-state index < -0.39 is 0 Å². The van der Waals surface area contributed by atoms with E-state index in [4.69, 9.17) is 9.47 Å². The third-order valence-electron chi connectivity index (χ3n) is 1.71. The molecule has 0 saturated heterocycles. The average Bonchev–Trinajstić information content (AvgIpc) is 2.26. The molecule has 0 aliphatic heterocycles. The van der Waals surface area contributed by atoms with E-state index in [0.717, 1.165) is 11.1 Å².